The van der Waals surface area contributed by atoms with Gasteiger partial charge in [-0.2, -0.15) is 0 Å². The van der Waals surface area contributed by atoms with Gasteiger partial charge in [0, 0.05) is 29.5 Å². The third-order valence-electron chi connectivity index (χ3n) is 7.03. The van der Waals surface area contributed by atoms with E-state index in [0.29, 0.717) is 0 Å². The van der Waals surface area contributed by atoms with Crippen LogP contribution >= 0.6 is 0 Å². The van der Waals surface area contributed by atoms with E-state index in [1.165, 1.54) is 11.1 Å². The van der Waals surface area contributed by atoms with Gasteiger partial charge in [-0.25, -0.2) is 0 Å². The smallest absolute Gasteiger partial charge is 0.124 e. The summed E-state index contributed by atoms with van der Waals surface area (Å²) in [7, 11) is 3.86. The molecule has 0 bridgehead atoms. The topological polar surface area (TPSA) is 32.7 Å². The van der Waals surface area contributed by atoms with E-state index < -0.39 is 5.60 Å². The molecule has 0 aliphatic carbocycles. The summed E-state index contributed by atoms with van der Waals surface area (Å²) in [4.78, 5) is 2.43. The first-order chi connectivity index (χ1) is 14.5. The van der Waals surface area contributed by atoms with Gasteiger partial charge in [0.05, 0.1) is 7.11 Å². The number of rotatable bonds is 4. The fourth-order valence-corrected chi connectivity index (χ4v) is 5.59. The molecule has 156 valence electrons. The molecule has 0 unspecified atom stereocenters. The van der Waals surface area contributed by atoms with Gasteiger partial charge in [0.25, 0.3) is 0 Å². The van der Waals surface area contributed by atoms with Gasteiger partial charge >= 0.3 is 0 Å². The van der Waals surface area contributed by atoms with Gasteiger partial charge in [0.1, 0.15) is 11.4 Å². The predicted octanol–water partition coefficient (Wildman–Crippen LogP) is 5.58. The Kier molecular flexibility index (Phi) is 5.68. The molecule has 4 rings (SSSR count). The van der Waals surface area contributed by atoms with Crippen LogP contribution in [-0.4, -0.2) is 24.2 Å². The van der Waals surface area contributed by atoms with E-state index in [9.17, 15) is 5.11 Å². The van der Waals surface area contributed by atoms with Gasteiger partial charge in [-0.1, -0.05) is 92.7 Å². The minimum Gasteiger partial charge on any atom is -0.496 e. The Morgan fingerprint density at radius 2 is 1.17 bits per heavy atom. The van der Waals surface area contributed by atoms with Crippen LogP contribution in [0.15, 0.2) is 84.9 Å². The summed E-state index contributed by atoms with van der Waals surface area (Å²) < 4.78 is 5.70. The van der Waals surface area contributed by atoms with Crippen LogP contribution in [0.25, 0.3) is 0 Å². The first-order valence-electron chi connectivity index (χ1n) is 10.7. The van der Waals surface area contributed by atoms with Gasteiger partial charge in [-0.05, 0) is 24.2 Å². The average molecular weight is 402 g/mol. The quantitative estimate of drug-likeness (QED) is 0.619. The number of para-hydroxylation sites is 1. The van der Waals surface area contributed by atoms with Crippen molar-refractivity contribution in [1.82, 2.24) is 4.90 Å². The van der Waals surface area contributed by atoms with Crippen molar-refractivity contribution in [2.24, 2.45) is 11.8 Å². The number of hydrogen-bond acceptors (Lipinski definition) is 3. The summed E-state index contributed by atoms with van der Waals surface area (Å²) in [5, 5.41) is 12.5. The molecule has 3 aromatic rings. The molecule has 30 heavy (non-hydrogen) atoms. The molecule has 3 nitrogen and oxygen atoms in total. The van der Waals surface area contributed by atoms with Crippen molar-refractivity contribution < 1.29 is 9.84 Å². The second-order valence-corrected chi connectivity index (χ2v) is 8.48. The van der Waals surface area contributed by atoms with E-state index >= 15 is 0 Å². The number of benzene rings is 3. The Labute approximate surface area is 179 Å². The van der Waals surface area contributed by atoms with Crippen molar-refractivity contribution in [1.29, 1.82) is 0 Å². The summed E-state index contributed by atoms with van der Waals surface area (Å²) in [6, 6.07) is 29.1. The molecule has 3 aromatic carbocycles. The lowest BCUT2D eigenvalue weighted by Gasteiger charge is -2.56. The van der Waals surface area contributed by atoms with Gasteiger partial charge in [0.15, 0.2) is 0 Å². The Hall–Kier alpha value is -2.62. The maximum Gasteiger partial charge on any atom is 0.124 e. The van der Waals surface area contributed by atoms with Gasteiger partial charge in [-0.15, -0.1) is 0 Å². The summed E-state index contributed by atoms with van der Waals surface area (Å²) in [6.45, 7) is 4.33. The molecular weight excluding hydrogens is 370 g/mol. The molecule has 4 atom stereocenters. The van der Waals surface area contributed by atoms with E-state index in [2.05, 4.69) is 74.3 Å². The van der Waals surface area contributed by atoms with Crippen molar-refractivity contribution in [3.05, 3.63) is 102 Å². The lowest BCUT2D eigenvalue weighted by atomic mass is 9.62. The molecule has 1 saturated heterocycles. The SMILES string of the molecule is COc1ccccc1C1(O)[C@H](C)[C@H](c2ccccc2)N(C)[C@@H](c2ccccc2)[C@H]1C. The standard InChI is InChI=1S/C27H31NO2/c1-19-25(21-13-7-5-8-14-21)28(3)26(22-15-9-6-10-16-22)20(2)27(19,29)23-17-11-12-18-24(23)30-4/h5-20,25-26,29H,1-4H3/t19-,20-,25-,26-/m1/s1. The number of piperidine rings is 1. The van der Waals surface area contributed by atoms with Crippen molar-refractivity contribution in [3.8, 4) is 5.75 Å². The first kappa shape index (κ1) is 20.6. The molecule has 1 aliphatic heterocycles. The number of aliphatic hydroxyl groups is 1. The maximum atomic E-state index is 12.5. The van der Waals surface area contributed by atoms with Crippen LogP contribution in [0.5, 0.6) is 5.75 Å². The zero-order valence-corrected chi connectivity index (χ0v) is 18.2. The van der Waals surface area contributed by atoms with E-state index in [1.54, 1.807) is 7.11 Å². The van der Waals surface area contributed by atoms with Crippen LogP contribution in [0.2, 0.25) is 0 Å². The second kappa shape index (κ2) is 8.25. The van der Waals surface area contributed by atoms with Gasteiger partial charge < -0.3 is 9.84 Å². The summed E-state index contributed by atoms with van der Waals surface area (Å²) in [5.41, 5.74) is 2.24. The number of hydrogen-bond donors (Lipinski definition) is 1. The minimum atomic E-state index is -1.06. The molecule has 1 fully saturated rings. The highest BCUT2D eigenvalue weighted by Crippen LogP contribution is 2.57. The number of likely N-dealkylation sites (tertiary alicyclic amines) is 1. The first-order valence-corrected chi connectivity index (χ1v) is 10.7. The molecule has 0 saturated carbocycles. The van der Waals surface area contributed by atoms with E-state index in [4.69, 9.17) is 4.74 Å². The largest absolute Gasteiger partial charge is 0.496 e. The zero-order chi connectivity index (χ0) is 21.3. The van der Waals surface area contributed by atoms with Crippen molar-refractivity contribution in [2.45, 2.75) is 31.5 Å². The molecule has 1 heterocycles. The Bertz CT molecular complexity index is 919. The number of ether oxygens (including phenoxy) is 1. The van der Waals surface area contributed by atoms with Crippen molar-refractivity contribution >= 4 is 0 Å². The van der Waals surface area contributed by atoms with Crippen molar-refractivity contribution in [3.63, 3.8) is 0 Å². The fraction of sp³-hybridized carbons (Fsp3) is 0.333. The van der Waals surface area contributed by atoms with Crippen LogP contribution in [0.1, 0.15) is 42.6 Å². The highest BCUT2D eigenvalue weighted by molar-refractivity contribution is 5.42. The molecule has 3 heteroatoms. The maximum absolute atomic E-state index is 12.5. The molecule has 1 aliphatic rings. The van der Waals surface area contributed by atoms with Gasteiger partial charge in [0.2, 0.25) is 0 Å². The Morgan fingerprint density at radius 3 is 1.63 bits per heavy atom. The van der Waals surface area contributed by atoms with Crippen LogP contribution in [0.4, 0.5) is 0 Å². The highest BCUT2D eigenvalue weighted by atomic mass is 16.5. The van der Waals surface area contributed by atoms with Crippen LogP contribution in [-0.2, 0) is 5.60 Å². The van der Waals surface area contributed by atoms with Crippen LogP contribution in [0, 0.1) is 11.8 Å². The van der Waals surface area contributed by atoms with E-state index in [-0.39, 0.29) is 23.9 Å². The predicted molar refractivity (Wildman–Crippen MR) is 121 cm³/mol. The minimum absolute atomic E-state index is 0.0452. The highest BCUT2D eigenvalue weighted by Gasteiger charge is 2.55. The summed E-state index contributed by atoms with van der Waals surface area (Å²) in [6.07, 6.45) is 0. The zero-order valence-electron chi connectivity index (χ0n) is 18.2. The molecule has 0 spiro atoms. The Balaban J connectivity index is 1.93. The molecule has 0 amide bonds. The fourth-order valence-electron chi connectivity index (χ4n) is 5.59. The summed E-state index contributed by atoms with van der Waals surface area (Å²) in [5.74, 6) is 0.647. The van der Waals surface area contributed by atoms with Crippen LogP contribution < -0.4 is 4.74 Å². The molecule has 0 radical (unpaired) electrons. The Morgan fingerprint density at radius 1 is 0.733 bits per heavy atom. The van der Waals surface area contributed by atoms with Crippen molar-refractivity contribution in [2.75, 3.05) is 14.2 Å². The molecule has 0 aromatic heterocycles. The third kappa shape index (κ3) is 3.23. The third-order valence-corrected chi connectivity index (χ3v) is 7.03. The van der Waals surface area contributed by atoms with E-state index in [1.807, 2.05) is 36.4 Å². The molecular formula is C27H31NO2. The number of methoxy groups -OCH3 is 1. The van der Waals surface area contributed by atoms with Crippen LogP contribution in [0.3, 0.4) is 0 Å². The molecule has 1 N–H and O–H groups in total. The lowest BCUT2D eigenvalue weighted by Crippen LogP contribution is -2.56. The summed E-state index contributed by atoms with van der Waals surface area (Å²) >= 11 is 0. The second-order valence-electron chi connectivity index (χ2n) is 8.48. The normalized spacial score (nSPS) is 29.5. The van der Waals surface area contributed by atoms with E-state index in [0.717, 1.165) is 11.3 Å². The number of nitrogens with zero attached hydrogens (tertiary/aromatic N) is 1. The average Bonchev–Trinajstić information content (AvgIpc) is 2.79. The monoisotopic (exact) mass is 401 g/mol. The van der Waals surface area contributed by atoms with Gasteiger partial charge in [-0.3, -0.25) is 4.90 Å². The lowest BCUT2D eigenvalue weighted by molar-refractivity contribution is -0.162.